The summed E-state index contributed by atoms with van der Waals surface area (Å²) in [6, 6.07) is 5.43. The van der Waals surface area contributed by atoms with Gasteiger partial charge < -0.3 is 14.2 Å². The number of pyridine rings is 1. The molecule has 0 radical (unpaired) electrons. The van der Waals surface area contributed by atoms with Gasteiger partial charge in [-0.1, -0.05) is 0 Å². The van der Waals surface area contributed by atoms with Crippen LogP contribution in [0.15, 0.2) is 24.4 Å². The second-order valence-corrected chi connectivity index (χ2v) is 6.68. The molecule has 2 aromatic rings. The van der Waals surface area contributed by atoms with Crippen LogP contribution in [-0.2, 0) is 20.8 Å². The zero-order chi connectivity index (χ0) is 16.6. The lowest BCUT2D eigenvalue weighted by molar-refractivity contribution is -0.178. The number of fused-ring (bicyclic) bond motifs is 1. The predicted octanol–water partition coefficient (Wildman–Crippen LogP) is 3.92. The topological polar surface area (TPSA) is 40.6 Å². The Labute approximate surface area is 140 Å². The summed E-state index contributed by atoms with van der Waals surface area (Å²) >= 11 is 0. The monoisotopic (exact) mass is 331 g/mol. The summed E-state index contributed by atoms with van der Waals surface area (Å²) in [4.78, 5) is 4.42. The molecule has 0 atom stereocenters. The number of benzene rings is 1. The van der Waals surface area contributed by atoms with E-state index in [4.69, 9.17) is 14.2 Å². The first-order valence-corrected chi connectivity index (χ1v) is 8.55. The zero-order valence-electron chi connectivity index (χ0n) is 13.9. The number of halogens is 1. The Morgan fingerprint density at radius 1 is 1.25 bits per heavy atom. The lowest BCUT2D eigenvalue weighted by Crippen LogP contribution is -2.34. The Bertz CT molecular complexity index is 733. The molecule has 0 amide bonds. The SMILES string of the molecule is COCc1cc2nccc(C3CCC4(CC3)OCCO4)c2cc1F. The molecule has 128 valence electrons. The van der Waals surface area contributed by atoms with Crippen molar-refractivity contribution in [2.75, 3.05) is 20.3 Å². The largest absolute Gasteiger partial charge is 0.380 e. The molecular weight excluding hydrogens is 309 g/mol. The molecule has 1 saturated carbocycles. The van der Waals surface area contributed by atoms with Crippen molar-refractivity contribution >= 4 is 10.9 Å². The van der Waals surface area contributed by atoms with Crippen molar-refractivity contribution in [3.63, 3.8) is 0 Å². The van der Waals surface area contributed by atoms with Crippen LogP contribution in [0.5, 0.6) is 0 Å². The molecular formula is C19H22FNO3. The normalized spacial score (nSPS) is 20.9. The average Bonchev–Trinajstić information content (AvgIpc) is 3.04. The number of hydrogen-bond donors (Lipinski definition) is 0. The number of aromatic nitrogens is 1. The van der Waals surface area contributed by atoms with Crippen LogP contribution in [0.2, 0.25) is 0 Å². The van der Waals surface area contributed by atoms with Gasteiger partial charge in [0.25, 0.3) is 0 Å². The minimum Gasteiger partial charge on any atom is -0.380 e. The van der Waals surface area contributed by atoms with E-state index in [-0.39, 0.29) is 18.2 Å². The van der Waals surface area contributed by atoms with Crippen molar-refractivity contribution in [2.24, 2.45) is 0 Å². The summed E-state index contributed by atoms with van der Waals surface area (Å²) in [6.45, 7) is 1.64. The van der Waals surface area contributed by atoms with E-state index in [0.717, 1.165) is 36.6 Å². The lowest BCUT2D eigenvalue weighted by Gasteiger charge is -2.35. The smallest absolute Gasteiger partial charge is 0.168 e. The van der Waals surface area contributed by atoms with Gasteiger partial charge in [-0.05, 0) is 42.5 Å². The van der Waals surface area contributed by atoms with E-state index in [1.165, 1.54) is 5.56 Å². The highest BCUT2D eigenvalue weighted by atomic mass is 19.1. The fourth-order valence-electron chi connectivity index (χ4n) is 4.01. The van der Waals surface area contributed by atoms with Crippen LogP contribution in [0.3, 0.4) is 0 Å². The molecule has 1 aliphatic carbocycles. The first-order chi connectivity index (χ1) is 11.7. The molecule has 1 aromatic carbocycles. The Morgan fingerprint density at radius 3 is 2.71 bits per heavy atom. The summed E-state index contributed by atoms with van der Waals surface area (Å²) in [6.07, 6.45) is 5.58. The maximum Gasteiger partial charge on any atom is 0.168 e. The average molecular weight is 331 g/mol. The first kappa shape index (κ1) is 15.9. The first-order valence-electron chi connectivity index (χ1n) is 8.55. The van der Waals surface area contributed by atoms with Crippen molar-refractivity contribution in [3.8, 4) is 0 Å². The Hall–Kier alpha value is -1.56. The molecule has 0 N–H and O–H groups in total. The summed E-state index contributed by atoms with van der Waals surface area (Å²) in [5.74, 6) is -0.203. The minimum absolute atomic E-state index is 0.228. The fourth-order valence-corrected chi connectivity index (χ4v) is 4.01. The number of nitrogens with zero attached hydrogens (tertiary/aromatic N) is 1. The van der Waals surface area contributed by atoms with E-state index in [2.05, 4.69) is 4.98 Å². The van der Waals surface area contributed by atoms with E-state index in [0.29, 0.717) is 24.7 Å². The zero-order valence-corrected chi connectivity index (χ0v) is 13.9. The highest BCUT2D eigenvalue weighted by molar-refractivity contribution is 5.83. The maximum absolute atomic E-state index is 14.3. The third-order valence-electron chi connectivity index (χ3n) is 5.24. The van der Waals surface area contributed by atoms with Crippen molar-refractivity contribution in [3.05, 3.63) is 41.3 Å². The molecule has 2 fully saturated rings. The molecule has 4 rings (SSSR count). The summed E-state index contributed by atoms with van der Waals surface area (Å²) < 4.78 is 31.0. The molecule has 1 aromatic heterocycles. The molecule has 2 aliphatic rings. The van der Waals surface area contributed by atoms with Gasteiger partial charge in [-0.3, -0.25) is 4.98 Å². The van der Waals surface area contributed by atoms with Crippen LogP contribution >= 0.6 is 0 Å². The molecule has 1 saturated heterocycles. The van der Waals surface area contributed by atoms with E-state index < -0.39 is 0 Å². The van der Waals surface area contributed by atoms with Gasteiger partial charge in [0.1, 0.15) is 5.82 Å². The van der Waals surface area contributed by atoms with Crippen molar-refractivity contribution in [1.82, 2.24) is 4.98 Å². The highest BCUT2D eigenvalue weighted by Gasteiger charge is 2.40. The fraction of sp³-hybridized carbons (Fsp3) is 0.526. The predicted molar refractivity (Wildman–Crippen MR) is 88.3 cm³/mol. The summed E-state index contributed by atoms with van der Waals surface area (Å²) in [7, 11) is 1.57. The second-order valence-electron chi connectivity index (χ2n) is 6.68. The molecule has 1 aliphatic heterocycles. The van der Waals surface area contributed by atoms with Crippen molar-refractivity contribution < 1.29 is 18.6 Å². The maximum atomic E-state index is 14.3. The van der Waals surface area contributed by atoms with Gasteiger partial charge in [0.2, 0.25) is 0 Å². The van der Waals surface area contributed by atoms with E-state index in [1.807, 2.05) is 12.3 Å². The third kappa shape index (κ3) is 2.81. The van der Waals surface area contributed by atoms with Crippen LogP contribution in [0, 0.1) is 5.82 Å². The van der Waals surface area contributed by atoms with Crippen LogP contribution in [0.25, 0.3) is 10.9 Å². The van der Waals surface area contributed by atoms with E-state index in [1.54, 1.807) is 19.2 Å². The van der Waals surface area contributed by atoms with Crippen molar-refractivity contribution in [2.45, 2.75) is 44.0 Å². The highest BCUT2D eigenvalue weighted by Crippen LogP contribution is 2.43. The van der Waals surface area contributed by atoms with Crippen LogP contribution in [-0.4, -0.2) is 31.1 Å². The molecule has 0 bridgehead atoms. The number of methoxy groups -OCH3 is 1. The van der Waals surface area contributed by atoms with Crippen LogP contribution in [0.1, 0.15) is 42.7 Å². The van der Waals surface area contributed by atoms with Gasteiger partial charge in [0.15, 0.2) is 5.79 Å². The van der Waals surface area contributed by atoms with Crippen molar-refractivity contribution in [1.29, 1.82) is 0 Å². The molecule has 1 spiro atoms. The lowest BCUT2D eigenvalue weighted by atomic mass is 9.80. The molecule has 4 nitrogen and oxygen atoms in total. The third-order valence-corrected chi connectivity index (χ3v) is 5.24. The quantitative estimate of drug-likeness (QED) is 0.855. The van der Waals surface area contributed by atoms with Crippen LogP contribution in [0.4, 0.5) is 4.39 Å². The standard InChI is InChI=1S/C19H22FNO3/c1-22-12-14-10-18-16(11-17(14)20)15(4-7-21-18)13-2-5-19(6-3-13)23-8-9-24-19/h4,7,10-11,13H,2-3,5-6,8-9,12H2,1H3. The molecule has 2 heterocycles. The Kier molecular flexibility index (Phi) is 4.24. The molecule has 5 heteroatoms. The molecule has 0 unspecified atom stereocenters. The van der Waals surface area contributed by atoms with E-state index >= 15 is 0 Å². The van der Waals surface area contributed by atoms with Gasteiger partial charge in [-0.15, -0.1) is 0 Å². The number of hydrogen-bond acceptors (Lipinski definition) is 4. The minimum atomic E-state index is -0.365. The summed E-state index contributed by atoms with van der Waals surface area (Å²) in [5.41, 5.74) is 2.55. The number of rotatable bonds is 3. The number of ether oxygens (including phenoxy) is 3. The summed E-state index contributed by atoms with van der Waals surface area (Å²) in [5, 5.41) is 0.907. The Morgan fingerprint density at radius 2 is 2.00 bits per heavy atom. The Balaban J connectivity index is 1.63. The van der Waals surface area contributed by atoms with Gasteiger partial charge in [-0.2, -0.15) is 0 Å². The van der Waals surface area contributed by atoms with Crippen LogP contribution < -0.4 is 0 Å². The second kappa shape index (κ2) is 6.39. The molecule has 24 heavy (non-hydrogen) atoms. The van der Waals surface area contributed by atoms with Gasteiger partial charge in [-0.25, -0.2) is 4.39 Å². The van der Waals surface area contributed by atoms with Gasteiger partial charge >= 0.3 is 0 Å². The van der Waals surface area contributed by atoms with Gasteiger partial charge in [0, 0.05) is 37.1 Å². The van der Waals surface area contributed by atoms with Gasteiger partial charge in [0.05, 0.1) is 25.3 Å². The van der Waals surface area contributed by atoms with E-state index in [9.17, 15) is 4.39 Å².